The molecule has 16 heavy (non-hydrogen) atoms. The van der Waals surface area contributed by atoms with Crippen molar-refractivity contribution in [2.45, 2.75) is 6.54 Å². The van der Waals surface area contributed by atoms with E-state index in [1.807, 2.05) is 24.3 Å². The van der Waals surface area contributed by atoms with Gasteiger partial charge in [0.2, 0.25) is 0 Å². The Morgan fingerprint density at radius 3 is 2.94 bits per heavy atom. The summed E-state index contributed by atoms with van der Waals surface area (Å²) < 4.78 is 5.81. The van der Waals surface area contributed by atoms with Gasteiger partial charge in [-0.15, -0.1) is 11.3 Å². The van der Waals surface area contributed by atoms with Crippen LogP contribution in [0.2, 0.25) is 4.34 Å². The predicted molar refractivity (Wildman–Crippen MR) is 67.0 cm³/mol. The normalized spacial score (nSPS) is 10.4. The topological polar surface area (TPSA) is 48.1 Å². The molecule has 0 radical (unpaired) electrons. The van der Waals surface area contributed by atoms with Gasteiger partial charge in [-0.2, -0.15) is 0 Å². The maximum atomic E-state index is 6.01. The van der Waals surface area contributed by atoms with E-state index in [1.54, 1.807) is 7.11 Å². The largest absolute Gasteiger partial charge is 0.497 e. The smallest absolute Gasteiger partial charge is 0.125 e. The molecule has 1 heterocycles. The first kappa shape index (κ1) is 11.4. The molecule has 0 aliphatic heterocycles. The number of benzene rings is 1. The maximum Gasteiger partial charge on any atom is 0.125 e. The van der Waals surface area contributed by atoms with E-state index in [2.05, 4.69) is 4.98 Å². The number of hydrogen-bond donors (Lipinski definition) is 1. The van der Waals surface area contributed by atoms with Crippen molar-refractivity contribution in [3.8, 4) is 16.3 Å². The minimum atomic E-state index is 0.360. The third-order valence-corrected chi connectivity index (χ3v) is 3.54. The van der Waals surface area contributed by atoms with E-state index in [0.717, 1.165) is 22.0 Å². The first-order valence-electron chi connectivity index (χ1n) is 4.74. The Bertz CT molecular complexity index is 498. The summed E-state index contributed by atoms with van der Waals surface area (Å²) in [6.45, 7) is 0.360. The Balaban J connectivity index is 2.41. The SMILES string of the molecule is COc1cccc(-c2nc(CN)c(Cl)s2)c1. The van der Waals surface area contributed by atoms with Crippen LogP contribution in [0.3, 0.4) is 0 Å². The molecule has 0 aliphatic carbocycles. The van der Waals surface area contributed by atoms with E-state index in [4.69, 9.17) is 22.1 Å². The summed E-state index contributed by atoms with van der Waals surface area (Å²) in [6.07, 6.45) is 0. The zero-order valence-corrected chi connectivity index (χ0v) is 10.3. The van der Waals surface area contributed by atoms with Crippen LogP contribution in [-0.2, 0) is 6.54 Å². The highest BCUT2D eigenvalue weighted by molar-refractivity contribution is 7.19. The fourth-order valence-corrected chi connectivity index (χ4v) is 2.49. The molecule has 0 amide bonds. The molecule has 2 rings (SSSR count). The summed E-state index contributed by atoms with van der Waals surface area (Å²) in [5.41, 5.74) is 7.27. The second-order valence-electron chi connectivity index (χ2n) is 3.18. The van der Waals surface area contributed by atoms with Gasteiger partial charge in [0, 0.05) is 12.1 Å². The summed E-state index contributed by atoms with van der Waals surface area (Å²) in [5, 5.41) is 0.865. The molecule has 0 aliphatic rings. The quantitative estimate of drug-likeness (QED) is 0.916. The lowest BCUT2D eigenvalue weighted by Gasteiger charge is -2.00. The molecule has 84 valence electrons. The van der Waals surface area contributed by atoms with Gasteiger partial charge in [-0.25, -0.2) is 4.98 Å². The maximum absolute atomic E-state index is 6.01. The predicted octanol–water partition coefficient (Wildman–Crippen LogP) is 2.93. The van der Waals surface area contributed by atoms with Gasteiger partial charge in [0.1, 0.15) is 15.1 Å². The Morgan fingerprint density at radius 1 is 1.50 bits per heavy atom. The molecule has 0 saturated carbocycles. The van der Waals surface area contributed by atoms with Crippen molar-refractivity contribution in [2.75, 3.05) is 7.11 Å². The Labute approximate surface area is 103 Å². The molecular weight excluding hydrogens is 244 g/mol. The molecule has 5 heteroatoms. The monoisotopic (exact) mass is 254 g/mol. The van der Waals surface area contributed by atoms with Crippen LogP contribution in [0, 0.1) is 0 Å². The molecule has 1 aromatic heterocycles. The molecule has 3 nitrogen and oxygen atoms in total. The van der Waals surface area contributed by atoms with Crippen LogP contribution in [0.1, 0.15) is 5.69 Å². The zero-order valence-electron chi connectivity index (χ0n) is 8.74. The lowest BCUT2D eigenvalue weighted by atomic mass is 10.2. The molecule has 0 spiro atoms. The first-order valence-corrected chi connectivity index (χ1v) is 5.93. The number of rotatable bonds is 3. The summed E-state index contributed by atoms with van der Waals surface area (Å²) in [4.78, 5) is 4.38. The molecule has 2 N–H and O–H groups in total. The third-order valence-electron chi connectivity index (χ3n) is 2.16. The van der Waals surface area contributed by atoms with Gasteiger partial charge < -0.3 is 10.5 Å². The van der Waals surface area contributed by atoms with Crippen molar-refractivity contribution in [3.63, 3.8) is 0 Å². The van der Waals surface area contributed by atoms with Gasteiger partial charge in [-0.05, 0) is 12.1 Å². The van der Waals surface area contributed by atoms with Crippen LogP contribution in [0.5, 0.6) is 5.75 Å². The highest BCUT2D eigenvalue weighted by Crippen LogP contribution is 2.32. The second-order valence-corrected chi connectivity index (χ2v) is 4.78. The minimum Gasteiger partial charge on any atom is -0.497 e. The van der Waals surface area contributed by atoms with Gasteiger partial charge >= 0.3 is 0 Å². The Morgan fingerprint density at radius 2 is 2.31 bits per heavy atom. The number of ether oxygens (including phenoxy) is 1. The molecule has 0 saturated heterocycles. The molecule has 0 bridgehead atoms. The van der Waals surface area contributed by atoms with Crippen LogP contribution in [0.15, 0.2) is 24.3 Å². The third kappa shape index (κ3) is 2.19. The number of aromatic nitrogens is 1. The summed E-state index contributed by atoms with van der Waals surface area (Å²) >= 11 is 7.44. The van der Waals surface area contributed by atoms with Crippen LogP contribution in [0.4, 0.5) is 0 Å². The van der Waals surface area contributed by atoms with E-state index in [9.17, 15) is 0 Å². The van der Waals surface area contributed by atoms with E-state index in [1.165, 1.54) is 11.3 Å². The average molecular weight is 255 g/mol. The van der Waals surface area contributed by atoms with Crippen LogP contribution in [0.25, 0.3) is 10.6 Å². The van der Waals surface area contributed by atoms with Gasteiger partial charge in [0.25, 0.3) is 0 Å². The molecule has 0 unspecified atom stereocenters. The summed E-state index contributed by atoms with van der Waals surface area (Å²) in [5.74, 6) is 0.804. The molecule has 1 aromatic carbocycles. The molecular formula is C11H11ClN2OS. The number of methoxy groups -OCH3 is 1. The number of thiazole rings is 1. The zero-order chi connectivity index (χ0) is 11.5. The molecule has 2 aromatic rings. The first-order chi connectivity index (χ1) is 7.74. The van der Waals surface area contributed by atoms with Crippen LogP contribution >= 0.6 is 22.9 Å². The summed E-state index contributed by atoms with van der Waals surface area (Å²) in [7, 11) is 1.64. The fraction of sp³-hybridized carbons (Fsp3) is 0.182. The average Bonchev–Trinajstić information content (AvgIpc) is 2.71. The molecule has 0 atom stereocenters. The number of nitrogens with two attached hydrogens (primary N) is 1. The van der Waals surface area contributed by atoms with Gasteiger partial charge in [0.05, 0.1) is 12.8 Å². The lowest BCUT2D eigenvalue weighted by molar-refractivity contribution is 0.415. The van der Waals surface area contributed by atoms with Crippen LogP contribution in [-0.4, -0.2) is 12.1 Å². The fourth-order valence-electron chi connectivity index (χ4n) is 1.34. The van der Waals surface area contributed by atoms with Crippen LogP contribution < -0.4 is 10.5 Å². The van der Waals surface area contributed by atoms with E-state index in [0.29, 0.717) is 10.9 Å². The summed E-state index contributed by atoms with van der Waals surface area (Å²) in [6, 6.07) is 7.71. The number of nitrogens with zero attached hydrogens (tertiary/aromatic N) is 1. The van der Waals surface area contributed by atoms with Gasteiger partial charge in [0.15, 0.2) is 0 Å². The number of hydrogen-bond acceptors (Lipinski definition) is 4. The number of halogens is 1. The van der Waals surface area contributed by atoms with Crippen molar-refractivity contribution < 1.29 is 4.74 Å². The van der Waals surface area contributed by atoms with E-state index in [-0.39, 0.29) is 0 Å². The standard InChI is InChI=1S/C11H11ClN2OS/c1-15-8-4-2-3-7(5-8)11-14-9(6-13)10(12)16-11/h2-5H,6,13H2,1H3. The minimum absolute atomic E-state index is 0.360. The van der Waals surface area contributed by atoms with Gasteiger partial charge in [-0.3, -0.25) is 0 Å². The van der Waals surface area contributed by atoms with E-state index >= 15 is 0 Å². The Hall–Kier alpha value is -1.10. The van der Waals surface area contributed by atoms with Crippen molar-refractivity contribution >= 4 is 22.9 Å². The van der Waals surface area contributed by atoms with Crippen molar-refractivity contribution in [3.05, 3.63) is 34.3 Å². The van der Waals surface area contributed by atoms with Crippen molar-refractivity contribution in [1.29, 1.82) is 0 Å². The van der Waals surface area contributed by atoms with Crippen molar-refractivity contribution in [1.82, 2.24) is 4.98 Å². The molecule has 0 fully saturated rings. The second kappa shape index (κ2) is 4.82. The highest BCUT2D eigenvalue weighted by Gasteiger charge is 2.09. The van der Waals surface area contributed by atoms with Gasteiger partial charge in [-0.1, -0.05) is 23.7 Å². The highest BCUT2D eigenvalue weighted by atomic mass is 35.5. The van der Waals surface area contributed by atoms with E-state index < -0.39 is 0 Å². The lowest BCUT2D eigenvalue weighted by Crippen LogP contribution is -1.96. The van der Waals surface area contributed by atoms with Crippen molar-refractivity contribution in [2.24, 2.45) is 5.73 Å². The Kier molecular flexibility index (Phi) is 3.43.